The Morgan fingerprint density at radius 2 is 2.24 bits per heavy atom. The van der Waals surface area contributed by atoms with Gasteiger partial charge in [0.25, 0.3) is 0 Å². The number of aromatic nitrogens is 3. The Balaban J connectivity index is 2.14. The number of nitrogens with zero attached hydrogens (tertiary/aromatic N) is 3. The summed E-state index contributed by atoms with van der Waals surface area (Å²) in [6.45, 7) is 4.27. The van der Waals surface area contributed by atoms with Gasteiger partial charge >= 0.3 is 0 Å². The lowest BCUT2D eigenvalue weighted by Crippen LogP contribution is -2.27. The van der Waals surface area contributed by atoms with Gasteiger partial charge in [0.05, 0.1) is 6.20 Å². The third-order valence-electron chi connectivity index (χ3n) is 3.16. The first-order valence-electron chi connectivity index (χ1n) is 5.58. The Kier molecular flexibility index (Phi) is 2.19. The second kappa shape index (κ2) is 3.50. The molecule has 0 radical (unpaired) electrons. The average molecular weight is 247 g/mol. The highest BCUT2D eigenvalue weighted by Gasteiger charge is 2.33. The molecule has 5 heteroatoms. The van der Waals surface area contributed by atoms with E-state index in [0.717, 1.165) is 22.7 Å². The maximum absolute atomic E-state index is 12.0. The van der Waals surface area contributed by atoms with Crippen LogP contribution in [-0.4, -0.2) is 19.9 Å². The first-order valence-corrected chi connectivity index (χ1v) is 6.35. The van der Waals surface area contributed by atoms with E-state index in [1.165, 1.54) is 11.5 Å². The van der Waals surface area contributed by atoms with Crippen molar-refractivity contribution in [2.75, 3.05) is 0 Å². The monoisotopic (exact) mass is 247 g/mol. The molecule has 0 aromatic carbocycles. The molecule has 0 saturated carbocycles. The van der Waals surface area contributed by atoms with Crippen molar-refractivity contribution in [3.8, 4) is 5.00 Å². The molecule has 0 unspecified atom stereocenters. The van der Waals surface area contributed by atoms with E-state index in [1.807, 2.05) is 16.8 Å². The number of fused-ring (bicyclic) bond motifs is 1. The van der Waals surface area contributed by atoms with Crippen LogP contribution in [0.2, 0.25) is 0 Å². The van der Waals surface area contributed by atoms with Gasteiger partial charge in [-0.1, -0.05) is 18.3 Å². The standard InChI is InChI=1S/C12H13N3OS/c1-12(2)5-9-8(10(16)6-12)3-4-15(9)11-7-13-14-17-11/h3-4,7H,5-6H2,1-2H3. The number of ketones is 1. The van der Waals surface area contributed by atoms with Crippen LogP contribution in [0.25, 0.3) is 5.00 Å². The molecule has 0 atom stereocenters. The Morgan fingerprint density at radius 1 is 1.41 bits per heavy atom. The third-order valence-corrected chi connectivity index (χ3v) is 3.83. The number of hydrogen-bond acceptors (Lipinski definition) is 4. The van der Waals surface area contributed by atoms with Gasteiger partial charge in [-0.05, 0) is 17.9 Å². The number of rotatable bonds is 1. The van der Waals surface area contributed by atoms with Crippen LogP contribution in [0.3, 0.4) is 0 Å². The predicted molar refractivity (Wildman–Crippen MR) is 65.7 cm³/mol. The molecular weight excluding hydrogens is 234 g/mol. The lowest BCUT2D eigenvalue weighted by atomic mass is 9.76. The molecule has 0 amide bonds. The van der Waals surface area contributed by atoms with Gasteiger partial charge in [0.2, 0.25) is 0 Å². The minimum Gasteiger partial charge on any atom is -0.309 e. The Hall–Kier alpha value is -1.49. The van der Waals surface area contributed by atoms with Gasteiger partial charge < -0.3 is 4.57 Å². The van der Waals surface area contributed by atoms with Crippen molar-refractivity contribution in [1.82, 2.24) is 14.2 Å². The Labute approximate surface area is 103 Å². The van der Waals surface area contributed by atoms with Crippen molar-refractivity contribution in [2.24, 2.45) is 5.41 Å². The van der Waals surface area contributed by atoms with Gasteiger partial charge in [-0.25, -0.2) is 0 Å². The zero-order valence-electron chi connectivity index (χ0n) is 9.80. The van der Waals surface area contributed by atoms with Gasteiger partial charge in [0, 0.05) is 35.4 Å². The van der Waals surface area contributed by atoms with E-state index in [4.69, 9.17) is 0 Å². The van der Waals surface area contributed by atoms with E-state index < -0.39 is 0 Å². The molecule has 4 nitrogen and oxygen atoms in total. The minimum atomic E-state index is 0.0400. The predicted octanol–water partition coefficient (Wildman–Crippen LogP) is 2.48. The van der Waals surface area contributed by atoms with E-state index in [-0.39, 0.29) is 11.2 Å². The van der Waals surface area contributed by atoms with E-state index >= 15 is 0 Å². The average Bonchev–Trinajstić information content (AvgIpc) is 2.82. The van der Waals surface area contributed by atoms with Crippen LogP contribution in [-0.2, 0) is 6.42 Å². The number of Topliss-reactive ketones (excluding diaryl/α,β-unsaturated/α-hetero) is 1. The largest absolute Gasteiger partial charge is 0.309 e. The summed E-state index contributed by atoms with van der Waals surface area (Å²) in [6.07, 6.45) is 5.22. The topological polar surface area (TPSA) is 47.8 Å². The molecule has 1 aliphatic rings. The number of carbonyl (C=O) groups is 1. The normalized spacial score (nSPS) is 18.1. The maximum atomic E-state index is 12.0. The smallest absolute Gasteiger partial charge is 0.165 e. The zero-order chi connectivity index (χ0) is 12.0. The molecule has 2 aromatic heterocycles. The number of carbonyl (C=O) groups excluding carboxylic acids is 1. The van der Waals surface area contributed by atoms with E-state index in [0.29, 0.717) is 6.42 Å². The van der Waals surface area contributed by atoms with Crippen molar-refractivity contribution in [3.05, 3.63) is 29.7 Å². The molecule has 2 heterocycles. The van der Waals surface area contributed by atoms with Gasteiger partial charge in [0.1, 0.15) is 5.00 Å². The zero-order valence-corrected chi connectivity index (χ0v) is 10.6. The highest BCUT2D eigenvalue weighted by atomic mass is 32.1. The molecule has 0 fully saturated rings. The van der Waals surface area contributed by atoms with Crippen LogP contribution in [0.15, 0.2) is 18.5 Å². The summed E-state index contributed by atoms with van der Waals surface area (Å²) in [5.74, 6) is 0.243. The molecule has 0 bridgehead atoms. The SMILES string of the molecule is CC1(C)CC(=O)c2ccn(-c3cnns3)c2C1. The Morgan fingerprint density at radius 3 is 2.94 bits per heavy atom. The second-order valence-electron chi connectivity index (χ2n) is 5.24. The molecule has 1 aliphatic carbocycles. The van der Waals surface area contributed by atoms with Crippen LogP contribution in [0, 0.1) is 5.41 Å². The lowest BCUT2D eigenvalue weighted by molar-refractivity contribution is 0.0911. The Bertz CT molecular complexity index is 569. The molecule has 88 valence electrons. The summed E-state index contributed by atoms with van der Waals surface area (Å²) < 4.78 is 5.91. The molecule has 17 heavy (non-hydrogen) atoms. The summed E-state index contributed by atoms with van der Waals surface area (Å²) in [5.41, 5.74) is 1.99. The van der Waals surface area contributed by atoms with E-state index in [9.17, 15) is 4.79 Å². The van der Waals surface area contributed by atoms with Gasteiger partial charge in [-0.15, -0.1) is 5.10 Å². The van der Waals surface area contributed by atoms with Crippen LogP contribution < -0.4 is 0 Å². The summed E-state index contributed by atoms with van der Waals surface area (Å²) in [4.78, 5) is 12.0. The molecule has 0 saturated heterocycles. The van der Waals surface area contributed by atoms with Crippen LogP contribution in [0.4, 0.5) is 0 Å². The molecule has 2 aromatic rings. The summed E-state index contributed by atoms with van der Waals surface area (Å²) >= 11 is 1.35. The molecule has 3 rings (SSSR count). The molecule has 0 aliphatic heterocycles. The summed E-state index contributed by atoms with van der Waals surface area (Å²) in [5, 5.41) is 4.81. The minimum absolute atomic E-state index is 0.0400. The van der Waals surface area contributed by atoms with Crippen molar-refractivity contribution < 1.29 is 4.79 Å². The molecule has 0 spiro atoms. The van der Waals surface area contributed by atoms with E-state index in [1.54, 1.807) is 6.20 Å². The second-order valence-corrected chi connectivity index (χ2v) is 6.01. The van der Waals surface area contributed by atoms with Crippen LogP contribution >= 0.6 is 11.5 Å². The highest BCUT2D eigenvalue weighted by molar-refractivity contribution is 7.08. The van der Waals surface area contributed by atoms with Crippen molar-refractivity contribution in [1.29, 1.82) is 0 Å². The van der Waals surface area contributed by atoms with Crippen molar-refractivity contribution >= 4 is 17.3 Å². The van der Waals surface area contributed by atoms with Gasteiger partial charge in [-0.3, -0.25) is 4.79 Å². The van der Waals surface area contributed by atoms with Crippen LogP contribution in [0.1, 0.15) is 36.3 Å². The number of hydrogen-bond donors (Lipinski definition) is 0. The third kappa shape index (κ3) is 1.70. The molecular formula is C12H13N3OS. The van der Waals surface area contributed by atoms with E-state index in [2.05, 4.69) is 23.4 Å². The van der Waals surface area contributed by atoms with Crippen LogP contribution in [0.5, 0.6) is 0 Å². The quantitative estimate of drug-likeness (QED) is 0.777. The van der Waals surface area contributed by atoms with Gasteiger partial charge in [-0.2, -0.15) is 0 Å². The maximum Gasteiger partial charge on any atom is 0.165 e. The summed E-state index contributed by atoms with van der Waals surface area (Å²) in [6, 6.07) is 1.91. The van der Waals surface area contributed by atoms with Gasteiger partial charge in [0.15, 0.2) is 5.78 Å². The fourth-order valence-corrected chi connectivity index (χ4v) is 2.95. The fraction of sp³-hybridized carbons (Fsp3) is 0.417. The fourth-order valence-electron chi connectivity index (χ4n) is 2.42. The first-order chi connectivity index (χ1) is 8.07. The molecule has 0 N–H and O–H groups in total. The first kappa shape index (κ1) is 10.7. The van der Waals surface area contributed by atoms with Crippen molar-refractivity contribution in [2.45, 2.75) is 26.7 Å². The van der Waals surface area contributed by atoms with Crippen molar-refractivity contribution in [3.63, 3.8) is 0 Å². The lowest BCUT2D eigenvalue weighted by Gasteiger charge is -2.29. The highest BCUT2D eigenvalue weighted by Crippen LogP contribution is 2.36. The summed E-state index contributed by atoms with van der Waals surface area (Å²) in [7, 11) is 0.